The van der Waals surface area contributed by atoms with E-state index in [1.165, 1.54) is 26.4 Å². The minimum Gasteiger partial charge on any atom is -0.359 e. The smallest absolute Gasteiger partial charge is 0.231 e. The van der Waals surface area contributed by atoms with Crippen LogP contribution in [0.3, 0.4) is 0 Å². The zero-order valence-electron chi connectivity index (χ0n) is 10.9. The Morgan fingerprint density at radius 2 is 1.90 bits per heavy atom. The van der Waals surface area contributed by atoms with Gasteiger partial charge in [0.05, 0.1) is 16.4 Å². The second-order valence-corrected chi connectivity index (χ2v) is 6.76. The summed E-state index contributed by atoms with van der Waals surface area (Å²) in [6.45, 7) is 8.12. The topological polar surface area (TPSA) is 24.7 Å². The van der Waals surface area contributed by atoms with Crippen LogP contribution in [0.4, 0.5) is 5.00 Å². The third-order valence-corrected chi connectivity index (χ3v) is 5.44. The summed E-state index contributed by atoms with van der Waals surface area (Å²) in [5.74, 6) is 0. The molecule has 3 rings (SSSR count). The van der Waals surface area contributed by atoms with Gasteiger partial charge in [-0.3, -0.25) is 4.79 Å². The van der Waals surface area contributed by atoms with E-state index in [1.807, 2.05) is 13.1 Å². The average Bonchev–Trinajstić information content (AvgIpc) is 3.04. The monoisotopic (exact) mass is 300 g/mol. The number of anilines is 1. The van der Waals surface area contributed by atoms with Crippen molar-refractivity contribution in [3.05, 3.63) is 40.6 Å². The fourth-order valence-electron chi connectivity index (χ4n) is 2.13. The first-order chi connectivity index (χ1) is 9.71. The van der Waals surface area contributed by atoms with Gasteiger partial charge in [0.15, 0.2) is 6.29 Å². The van der Waals surface area contributed by atoms with Crippen LogP contribution in [-0.4, -0.2) is 26.4 Å². The number of fused-ring (bicyclic) bond motifs is 2. The van der Waals surface area contributed by atoms with E-state index in [4.69, 9.17) is 6.57 Å². The molecule has 3 aromatic rings. The van der Waals surface area contributed by atoms with Crippen LogP contribution in [0.5, 0.6) is 0 Å². The molecule has 100 valence electrons. The van der Waals surface area contributed by atoms with Gasteiger partial charge in [-0.1, -0.05) is 0 Å². The molecule has 2 heterocycles. The molecule has 3 nitrogen and oxygen atoms in total. The molecule has 0 unspecified atom stereocenters. The molecular weight excluding hydrogens is 288 g/mol. The first kappa shape index (κ1) is 13.1. The van der Waals surface area contributed by atoms with E-state index in [-0.39, 0.29) is 0 Å². The van der Waals surface area contributed by atoms with Crippen molar-refractivity contribution >= 4 is 54.1 Å². The number of carbonyl (C=O) groups excluding carboxylic acids is 1. The average molecular weight is 300 g/mol. The van der Waals surface area contributed by atoms with E-state index < -0.39 is 0 Å². The fraction of sp³-hybridized carbons (Fsp3) is 0.200. The Hall–Kier alpha value is -1.90. The van der Waals surface area contributed by atoms with E-state index in [0.717, 1.165) is 27.8 Å². The highest BCUT2D eigenvalue weighted by Gasteiger charge is 2.09. The number of hydrogen-bond acceptors (Lipinski definition) is 4. The Morgan fingerprint density at radius 3 is 2.60 bits per heavy atom. The molecule has 0 spiro atoms. The van der Waals surface area contributed by atoms with Crippen molar-refractivity contribution in [3.63, 3.8) is 0 Å². The quantitative estimate of drug-likeness (QED) is 0.530. The first-order valence-electron chi connectivity index (χ1n) is 6.18. The summed E-state index contributed by atoms with van der Waals surface area (Å²) < 4.78 is 2.37. The summed E-state index contributed by atoms with van der Waals surface area (Å²) in [7, 11) is 2.02. The Morgan fingerprint density at radius 1 is 1.20 bits per heavy atom. The van der Waals surface area contributed by atoms with Crippen molar-refractivity contribution in [2.75, 3.05) is 25.0 Å². The molecule has 0 aliphatic rings. The molecule has 0 aliphatic heterocycles. The molecule has 0 fully saturated rings. The third-order valence-electron chi connectivity index (χ3n) is 3.20. The Balaban J connectivity index is 2.03. The lowest BCUT2D eigenvalue weighted by Crippen LogP contribution is -2.18. The lowest BCUT2D eigenvalue weighted by atomic mass is 10.2. The highest BCUT2D eigenvalue weighted by atomic mass is 32.1. The Bertz CT molecular complexity index is 774. The Kier molecular flexibility index (Phi) is 3.43. The SMILES string of the molecule is [C-]#[N+]CCN(C)c1cc2cc3sc(C=O)cc3cc2s1. The molecule has 0 N–H and O–H groups in total. The normalized spacial score (nSPS) is 10.8. The number of rotatable bonds is 4. The van der Waals surface area contributed by atoms with E-state index in [0.29, 0.717) is 6.54 Å². The molecule has 0 saturated carbocycles. The summed E-state index contributed by atoms with van der Waals surface area (Å²) in [5, 5.41) is 3.50. The second-order valence-electron chi connectivity index (χ2n) is 4.58. The van der Waals surface area contributed by atoms with Gasteiger partial charge in [0, 0.05) is 16.4 Å². The maximum absolute atomic E-state index is 10.8. The van der Waals surface area contributed by atoms with Gasteiger partial charge in [0.2, 0.25) is 6.54 Å². The molecule has 2 aromatic heterocycles. The molecule has 0 aliphatic carbocycles. The van der Waals surface area contributed by atoms with Gasteiger partial charge >= 0.3 is 0 Å². The first-order valence-corrected chi connectivity index (χ1v) is 7.81. The highest BCUT2D eigenvalue weighted by Crippen LogP contribution is 2.36. The maximum Gasteiger partial charge on any atom is 0.231 e. The summed E-state index contributed by atoms with van der Waals surface area (Å²) in [4.78, 5) is 17.1. The molecule has 20 heavy (non-hydrogen) atoms. The van der Waals surface area contributed by atoms with Gasteiger partial charge in [-0.25, -0.2) is 6.57 Å². The van der Waals surface area contributed by atoms with Crippen molar-refractivity contribution in [3.8, 4) is 0 Å². The number of likely N-dealkylation sites (N-methyl/N-ethyl adjacent to an activating group) is 1. The van der Waals surface area contributed by atoms with Crippen molar-refractivity contribution in [2.45, 2.75) is 0 Å². The van der Waals surface area contributed by atoms with Gasteiger partial charge in [-0.15, -0.1) is 22.7 Å². The summed E-state index contributed by atoms with van der Waals surface area (Å²) >= 11 is 3.25. The number of hydrogen-bond donors (Lipinski definition) is 0. The standard InChI is InChI=1S/C15H12N2OS2/c1-16-3-4-17(2)15-8-11-7-13-10(6-14(11)20-15)5-12(9-18)19-13/h5-9H,3-4H2,2H3. The number of thiophene rings is 2. The molecule has 0 atom stereocenters. The Labute approximate surface area is 124 Å². The van der Waals surface area contributed by atoms with Crippen LogP contribution in [0.2, 0.25) is 0 Å². The predicted octanol–water partition coefficient (Wildman–Crippen LogP) is 4.28. The minimum absolute atomic E-state index is 0.516. The summed E-state index contributed by atoms with van der Waals surface area (Å²) in [6.07, 6.45) is 0.905. The van der Waals surface area contributed by atoms with E-state index in [2.05, 4.69) is 27.9 Å². The molecule has 0 saturated heterocycles. The van der Waals surface area contributed by atoms with Crippen LogP contribution in [0.25, 0.3) is 25.0 Å². The van der Waals surface area contributed by atoms with Crippen LogP contribution in [-0.2, 0) is 0 Å². The van der Waals surface area contributed by atoms with Crippen molar-refractivity contribution in [1.82, 2.24) is 0 Å². The van der Waals surface area contributed by atoms with Gasteiger partial charge < -0.3 is 9.74 Å². The number of aldehydes is 1. The van der Waals surface area contributed by atoms with Crippen molar-refractivity contribution in [2.24, 2.45) is 0 Å². The van der Waals surface area contributed by atoms with Crippen LogP contribution in [0.1, 0.15) is 9.67 Å². The molecule has 1 aromatic carbocycles. The molecule has 0 radical (unpaired) electrons. The predicted molar refractivity (Wildman–Crippen MR) is 87.3 cm³/mol. The van der Waals surface area contributed by atoms with E-state index in [1.54, 1.807) is 11.3 Å². The molecule has 0 bridgehead atoms. The van der Waals surface area contributed by atoms with Gasteiger partial charge in [-0.05, 0) is 35.0 Å². The van der Waals surface area contributed by atoms with Gasteiger partial charge in [0.1, 0.15) is 0 Å². The lowest BCUT2D eigenvalue weighted by Gasteiger charge is -2.12. The highest BCUT2D eigenvalue weighted by molar-refractivity contribution is 7.23. The van der Waals surface area contributed by atoms with Crippen molar-refractivity contribution < 1.29 is 4.79 Å². The largest absolute Gasteiger partial charge is 0.359 e. The van der Waals surface area contributed by atoms with Gasteiger partial charge in [-0.2, -0.15) is 0 Å². The van der Waals surface area contributed by atoms with Crippen molar-refractivity contribution in [1.29, 1.82) is 0 Å². The fourth-order valence-corrected chi connectivity index (χ4v) is 4.12. The number of benzene rings is 1. The molecule has 5 heteroatoms. The maximum atomic E-state index is 10.8. The van der Waals surface area contributed by atoms with E-state index >= 15 is 0 Å². The van der Waals surface area contributed by atoms with E-state index in [9.17, 15) is 4.79 Å². The number of nitrogens with zero attached hydrogens (tertiary/aromatic N) is 2. The summed E-state index contributed by atoms with van der Waals surface area (Å²) in [5.41, 5.74) is 0. The third kappa shape index (κ3) is 2.28. The zero-order chi connectivity index (χ0) is 14.1. The summed E-state index contributed by atoms with van der Waals surface area (Å²) in [6, 6.07) is 8.38. The zero-order valence-corrected chi connectivity index (χ0v) is 12.6. The number of carbonyl (C=O) groups is 1. The van der Waals surface area contributed by atoms with Crippen LogP contribution < -0.4 is 4.90 Å². The second kappa shape index (κ2) is 5.23. The van der Waals surface area contributed by atoms with Crippen LogP contribution >= 0.6 is 22.7 Å². The molecule has 0 amide bonds. The molecular formula is C15H12N2OS2. The minimum atomic E-state index is 0.516. The lowest BCUT2D eigenvalue weighted by molar-refractivity contribution is 0.112. The van der Waals surface area contributed by atoms with Gasteiger partial charge in [0.25, 0.3) is 0 Å². The van der Waals surface area contributed by atoms with Crippen LogP contribution in [0, 0.1) is 6.57 Å². The van der Waals surface area contributed by atoms with Crippen LogP contribution in [0.15, 0.2) is 24.3 Å².